The Hall–Kier alpha value is -2.80. The first kappa shape index (κ1) is 21.5. The number of nitrogens with one attached hydrogen (secondary N) is 1. The van der Waals surface area contributed by atoms with Crippen LogP contribution in [0.2, 0.25) is 0 Å². The maximum Gasteiger partial charge on any atom is 0.328 e. The topological polar surface area (TPSA) is 73.9 Å². The molecule has 6 nitrogen and oxygen atoms in total. The summed E-state index contributed by atoms with van der Waals surface area (Å²) in [5.74, 6) is 0.534. The molecule has 0 fully saturated rings. The van der Waals surface area contributed by atoms with E-state index in [4.69, 9.17) is 14.2 Å². The van der Waals surface area contributed by atoms with Gasteiger partial charge in [-0.05, 0) is 64.3 Å². The average molecular weight is 448 g/mol. The van der Waals surface area contributed by atoms with Crippen molar-refractivity contribution >= 4 is 33.9 Å². The van der Waals surface area contributed by atoms with Crippen LogP contribution in [0.3, 0.4) is 0 Å². The highest BCUT2D eigenvalue weighted by atomic mass is 79.9. The Morgan fingerprint density at radius 2 is 1.82 bits per heavy atom. The normalized spacial score (nSPS) is 11.7. The number of hydrogen-bond acceptors (Lipinski definition) is 5. The number of rotatable bonds is 8. The van der Waals surface area contributed by atoms with Gasteiger partial charge in [0.1, 0.15) is 24.1 Å². The summed E-state index contributed by atoms with van der Waals surface area (Å²) < 4.78 is 16.3. The predicted molar refractivity (Wildman–Crippen MR) is 110 cm³/mol. The minimum absolute atomic E-state index is 0.101. The van der Waals surface area contributed by atoms with Gasteiger partial charge in [-0.25, -0.2) is 4.79 Å². The SMILES string of the molecule is COc1ccc(/C=C/C(=O)N[C@@H](C)C(=O)OCc2ccc(OC)c(Br)c2)cc1. The minimum Gasteiger partial charge on any atom is -0.497 e. The Morgan fingerprint density at radius 1 is 1.11 bits per heavy atom. The third-order valence-corrected chi connectivity index (χ3v) is 4.47. The van der Waals surface area contributed by atoms with E-state index < -0.39 is 12.0 Å². The molecule has 0 bridgehead atoms. The molecule has 0 spiro atoms. The van der Waals surface area contributed by atoms with Crippen LogP contribution in [0.5, 0.6) is 11.5 Å². The van der Waals surface area contributed by atoms with Gasteiger partial charge in [-0.1, -0.05) is 18.2 Å². The first-order valence-corrected chi connectivity index (χ1v) is 9.34. The summed E-state index contributed by atoms with van der Waals surface area (Å²) in [5.41, 5.74) is 1.65. The highest BCUT2D eigenvalue weighted by molar-refractivity contribution is 9.10. The van der Waals surface area contributed by atoms with E-state index in [9.17, 15) is 9.59 Å². The molecule has 2 aromatic carbocycles. The fourth-order valence-electron chi connectivity index (χ4n) is 2.29. The third kappa shape index (κ3) is 6.42. The lowest BCUT2D eigenvalue weighted by Gasteiger charge is -2.13. The molecule has 0 aliphatic heterocycles. The highest BCUT2D eigenvalue weighted by Crippen LogP contribution is 2.25. The summed E-state index contributed by atoms with van der Waals surface area (Å²) in [7, 11) is 3.17. The van der Waals surface area contributed by atoms with E-state index in [2.05, 4.69) is 21.2 Å². The zero-order valence-electron chi connectivity index (χ0n) is 15.9. The Kier molecular flexibility index (Phi) is 8.07. The van der Waals surface area contributed by atoms with Crippen molar-refractivity contribution in [2.45, 2.75) is 19.6 Å². The van der Waals surface area contributed by atoms with Gasteiger partial charge in [-0.2, -0.15) is 0 Å². The van der Waals surface area contributed by atoms with Crippen LogP contribution in [0, 0.1) is 0 Å². The summed E-state index contributed by atoms with van der Waals surface area (Å²) >= 11 is 3.38. The van der Waals surface area contributed by atoms with Crippen LogP contribution in [0.25, 0.3) is 6.08 Å². The van der Waals surface area contributed by atoms with E-state index in [0.717, 1.165) is 21.3 Å². The van der Waals surface area contributed by atoms with Crippen molar-refractivity contribution < 1.29 is 23.8 Å². The van der Waals surface area contributed by atoms with E-state index in [1.165, 1.54) is 6.08 Å². The van der Waals surface area contributed by atoms with Crippen molar-refractivity contribution in [3.05, 3.63) is 64.1 Å². The molecule has 148 valence electrons. The maximum absolute atomic E-state index is 12.1. The number of methoxy groups -OCH3 is 2. The van der Waals surface area contributed by atoms with Crippen LogP contribution in [0.4, 0.5) is 0 Å². The van der Waals surface area contributed by atoms with Gasteiger partial charge in [0.2, 0.25) is 5.91 Å². The van der Waals surface area contributed by atoms with Gasteiger partial charge in [-0.15, -0.1) is 0 Å². The zero-order chi connectivity index (χ0) is 20.5. The number of ether oxygens (including phenoxy) is 3. The molecule has 0 saturated carbocycles. The van der Waals surface area contributed by atoms with Crippen LogP contribution in [0.1, 0.15) is 18.1 Å². The van der Waals surface area contributed by atoms with Crippen molar-refractivity contribution in [1.82, 2.24) is 5.32 Å². The molecule has 0 heterocycles. The number of carbonyl (C=O) groups is 2. The minimum atomic E-state index is -0.769. The van der Waals surface area contributed by atoms with E-state index in [-0.39, 0.29) is 12.5 Å². The van der Waals surface area contributed by atoms with E-state index >= 15 is 0 Å². The molecule has 1 amide bonds. The predicted octanol–water partition coefficient (Wildman–Crippen LogP) is 3.73. The average Bonchev–Trinajstić information content (AvgIpc) is 2.70. The van der Waals surface area contributed by atoms with Crippen LogP contribution in [-0.4, -0.2) is 32.1 Å². The number of esters is 1. The zero-order valence-corrected chi connectivity index (χ0v) is 17.5. The molecular weight excluding hydrogens is 426 g/mol. The first-order valence-electron chi connectivity index (χ1n) is 8.54. The Balaban J connectivity index is 1.82. The van der Waals surface area contributed by atoms with Crippen molar-refractivity contribution in [2.75, 3.05) is 14.2 Å². The van der Waals surface area contributed by atoms with Crippen molar-refractivity contribution in [2.24, 2.45) is 0 Å². The Morgan fingerprint density at radius 3 is 2.43 bits per heavy atom. The number of benzene rings is 2. The molecule has 0 aliphatic rings. The third-order valence-electron chi connectivity index (χ3n) is 3.85. The molecule has 0 aliphatic carbocycles. The van der Waals surface area contributed by atoms with E-state index in [1.54, 1.807) is 51.5 Å². The Labute approximate surface area is 172 Å². The lowest BCUT2D eigenvalue weighted by molar-refractivity contribution is -0.148. The summed E-state index contributed by atoms with van der Waals surface area (Å²) in [5, 5.41) is 2.58. The second-order valence-corrected chi connectivity index (χ2v) is 6.77. The number of halogens is 1. The van der Waals surface area contributed by atoms with Crippen molar-refractivity contribution in [1.29, 1.82) is 0 Å². The molecule has 7 heteroatoms. The summed E-state index contributed by atoms with van der Waals surface area (Å²) in [4.78, 5) is 24.1. The highest BCUT2D eigenvalue weighted by Gasteiger charge is 2.16. The second kappa shape index (κ2) is 10.5. The van der Waals surface area contributed by atoms with E-state index in [1.807, 2.05) is 18.2 Å². The van der Waals surface area contributed by atoms with Gasteiger partial charge in [-0.3, -0.25) is 4.79 Å². The number of hydrogen-bond donors (Lipinski definition) is 1. The summed E-state index contributed by atoms with van der Waals surface area (Å²) in [6, 6.07) is 11.9. The molecule has 0 aromatic heterocycles. The molecule has 0 saturated heterocycles. The standard InChI is InChI=1S/C21H22BrNO5/c1-14(21(25)28-13-16-6-10-19(27-3)18(22)12-16)23-20(24)11-7-15-4-8-17(26-2)9-5-15/h4-12,14H,13H2,1-3H3,(H,23,24)/b11-7+/t14-/m0/s1. The lowest BCUT2D eigenvalue weighted by Crippen LogP contribution is -2.38. The maximum atomic E-state index is 12.1. The van der Waals surface area contributed by atoms with Gasteiger partial charge < -0.3 is 19.5 Å². The van der Waals surface area contributed by atoms with Gasteiger partial charge >= 0.3 is 5.97 Å². The molecule has 28 heavy (non-hydrogen) atoms. The van der Waals surface area contributed by atoms with Crippen LogP contribution < -0.4 is 14.8 Å². The molecule has 2 aromatic rings. The van der Waals surface area contributed by atoms with E-state index in [0.29, 0.717) is 5.75 Å². The first-order chi connectivity index (χ1) is 13.4. The van der Waals surface area contributed by atoms with Gasteiger partial charge in [0.25, 0.3) is 0 Å². The van der Waals surface area contributed by atoms with Gasteiger partial charge in [0.15, 0.2) is 0 Å². The molecule has 2 rings (SSSR count). The molecule has 0 unspecified atom stereocenters. The molecular formula is C21H22BrNO5. The van der Waals surface area contributed by atoms with Crippen molar-refractivity contribution in [3.8, 4) is 11.5 Å². The van der Waals surface area contributed by atoms with Crippen LogP contribution in [0.15, 0.2) is 53.0 Å². The van der Waals surface area contributed by atoms with Gasteiger partial charge in [0.05, 0.1) is 18.7 Å². The van der Waals surface area contributed by atoms with Crippen LogP contribution in [-0.2, 0) is 20.9 Å². The lowest BCUT2D eigenvalue weighted by atomic mass is 10.2. The van der Waals surface area contributed by atoms with Gasteiger partial charge in [0, 0.05) is 6.08 Å². The van der Waals surface area contributed by atoms with Crippen LogP contribution >= 0.6 is 15.9 Å². The molecule has 1 N–H and O–H groups in total. The molecule has 1 atom stereocenters. The van der Waals surface area contributed by atoms with Crippen molar-refractivity contribution in [3.63, 3.8) is 0 Å². The summed E-state index contributed by atoms with van der Waals surface area (Å²) in [6.45, 7) is 1.68. The number of carbonyl (C=O) groups excluding carboxylic acids is 2. The molecule has 0 radical (unpaired) electrons. The fraction of sp³-hybridized carbons (Fsp3) is 0.238. The second-order valence-electron chi connectivity index (χ2n) is 5.91. The fourth-order valence-corrected chi connectivity index (χ4v) is 2.87. The largest absolute Gasteiger partial charge is 0.497 e. The number of amides is 1. The Bertz CT molecular complexity index is 848. The quantitative estimate of drug-likeness (QED) is 0.492. The smallest absolute Gasteiger partial charge is 0.328 e. The monoisotopic (exact) mass is 447 g/mol. The summed E-state index contributed by atoms with van der Waals surface area (Å²) in [6.07, 6.45) is 3.02.